The quantitative estimate of drug-likeness (QED) is 0.0867. The molecule has 0 N–H and O–H groups in total. The molecule has 0 spiro atoms. The standard InChI is InChI=1S/C23H42O4/c1-6-9-11-12-13-14-15-16-17-19-21(8-3)25-22(24)26-27-23(4,5)20-18-10-7-2/h3,21H,6-7,9-20H2,1-2,4-5H3. The van der Waals surface area contributed by atoms with E-state index in [-0.39, 0.29) is 0 Å². The van der Waals surface area contributed by atoms with Crippen LogP contribution in [0.1, 0.15) is 118 Å². The predicted molar refractivity (Wildman–Crippen MR) is 111 cm³/mol. The average molecular weight is 383 g/mol. The fourth-order valence-electron chi connectivity index (χ4n) is 2.94. The number of unbranched alkanes of at least 4 members (excludes halogenated alkanes) is 10. The molecule has 4 nitrogen and oxygen atoms in total. The van der Waals surface area contributed by atoms with Crippen molar-refractivity contribution < 1.29 is 19.3 Å². The molecule has 0 radical (unpaired) electrons. The van der Waals surface area contributed by atoms with Crippen LogP contribution in [0.5, 0.6) is 0 Å². The molecule has 0 bridgehead atoms. The first-order valence-electron chi connectivity index (χ1n) is 11.0. The lowest BCUT2D eigenvalue weighted by Gasteiger charge is -2.22. The molecule has 158 valence electrons. The Labute approximate surface area is 167 Å². The van der Waals surface area contributed by atoms with E-state index in [1.807, 2.05) is 13.8 Å². The van der Waals surface area contributed by atoms with Crippen LogP contribution in [0.3, 0.4) is 0 Å². The van der Waals surface area contributed by atoms with Gasteiger partial charge in [-0.3, -0.25) is 4.89 Å². The minimum absolute atomic E-state index is 0.517. The smallest absolute Gasteiger partial charge is 0.416 e. The van der Waals surface area contributed by atoms with E-state index < -0.39 is 17.9 Å². The predicted octanol–water partition coefficient (Wildman–Crippen LogP) is 7.35. The van der Waals surface area contributed by atoms with Gasteiger partial charge in [0.2, 0.25) is 0 Å². The maximum atomic E-state index is 11.8. The summed E-state index contributed by atoms with van der Waals surface area (Å²) in [5.74, 6) is 2.52. The third-order valence-corrected chi connectivity index (χ3v) is 4.71. The number of rotatable bonds is 17. The van der Waals surface area contributed by atoms with Crippen LogP contribution in [0.4, 0.5) is 4.79 Å². The highest BCUT2D eigenvalue weighted by atomic mass is 17.2. The zero-order chi connectivity index (χ0) is 20.4. The molecule has 0 aliphatic heterocycles. The van der Waals surface area contributed by atoms with E-state index in [1.165, 1.54) is 44.9 Å². The number of ether oxygens (including phenoxy) is 1. The molecular formula is C23H42O4. The second kappa shape index (κ2) is 16.9. The van der Waals surface area contributed by atoms with Gasteiger partial charge in [0.15, 0.2) is 6.10 Å². The largest absolute Gasteiger partial charge is 0.541 e. The summed E-state index contributed by atoms with van der Waals surface area (Å²) in [6.45, 7) is 8.18. The molecule has 27 heavy (non-hydrogen) atoms. The zero-order valence-corrected chi connectivity index (χ0v) is 18.2. The minimum atomic E-state index is -0.850. The van der Waals surface area contributed by atoms with Crippen LogP contribution in [0, 0.1) is 12.3 Å². The highest BCUT2D eigenvalue weighted by Crippen LogP contribution is 2.19. The molecule has 0 fully saturated rings. The first-order valence-corrected chi connectivity index (χ1v) is 11.0. The van der Waals surface area contributed by atoms with Gasteiger partial charge in [0.1, 0.15) is 5.60 Å². The van der Waals surface area contributed by atoms with Crippen molar-refractivity contribution in [2.24, 2.45) is 0 Å². The van der Waals surface area contributed by atoms with Gasteiger partial charge in [-0.2, -0.15) is 4.89 Å². The number of hydrogen-bond acceptors (Lipinski definition) is 4. The van der Waals surface area contributed by atoms with Crippen LogP contribution in [-0.4, -0.2) is 17.9 Å². The van der Waals surface area contributed by atoms with Crippen molar-refractivity contribution in [3.63, 3.8) is 0 Å². The molecule has 0 rings (SSSR count). The van der Waals surface area contributed by atoms with Gasteiger partial charge in [-0.1, -0.05) is 90.4 Å². The molecule has 0 saturated heterocycles. The molecule has 4 heteroatoms. The van der Waals surface area contributed by atoms with E-state index in [0.717, 1.165) is 38.5 Å². The Hall–Kier alpha value is -1.21. The van der Waals surface area contributed by atoms with Crippen LogP contribution in [0.15, 0.2) is 0 Å². The van der Waals surface area contributed by atoms with Gasteiger partial charge in [0.05, 0.1) is 0 Å². The zero-order valence-electron chi connectivity index (χ0n) is 18.2. The maximum absolute atomic E-state index is 11.8. The Morgan fingerprint density at radius 1 is 0.889 bits per heavy atom. The summed E-state index contributed by atoms with van der Waals surface area (Å²) < 4.78 is 5.17. The Morgan fingerprint density at radius 2 is 1.41 bits per heavy atom. The Morgan fingerprint density at radius 3 is 1.96 bits per heavy atom. The summed E-state index contributed by atoms with van der Waals surface area (Å²) in [4.78, 5) is 21.8. The van der Waals surface area contributed by atoms with Crippen LogP contribution in [0.25, 0.3) is 0 Å². The lowest BCUT2D eigenvalue weighted by Crippen LogP contribution is -2.27. The summed E-state index contributed by atoms with van der Waals surface area (Å²) >= 11 is 0. The second-order valence-corrected chi connectivity index (χ2v) is 8.02. The van der Waals surface area contributed by atoms with Crippen molar-refractivity contribution in [2.45, 2.75) is 129 Å². The fourth-order valence-corrected chi connectivity index (χ4v) is 2.94. The molecule has 0 aromatic heterocycles. The lowest BCUT2D eigenvalue weighted by atomic mass is 10.0. The maximum Gasteiger partial charge on any atom is 0.541 e. The Balaban J connectivity index is 3.80. The Bertz CT molecular complexity index is 398. The van der Waals surface area contributed by atoms with Crippen LogP contribution in [0.2, 0.25) is 0 Å². The first-order chi connectivity index (χ1) is 12.9. The highest BCUT2D eigenvalue weighted by Gasteiger charge is 2.23. The normalized spacial score (nSPS) is 12.4. The third kappa shape index (κ3) is 16.7. The average Bonchev–Trinajstić information content (AvgIpc) is 2.64. The summed E-state index contributed by atoms with van der Waals surface area (Å²) in [6.07, 6.45) is 20.1. The summed E-state index contributed by atoms with van der Waals surface area (Å²) in [5.41, 5.74) is -0.517. The molecule has 1 atom stereocenters. The van der Waals surface area contributed by atoms with Crippen molar-refractivity contribution in [1.82, 2.24) is 0 Å². The molecule has 0 aromatic carbocycles. The first kappa shape index (κ1) is 25.8. The van der Waals surface area contributed by atoms with Gasteiger partial charge < -0.3 is 4.74 Å². The summed E-state index contributed by atoms with van der Waals surface area (Å²) in [6, 6.07) is 0. The number of carbonyl (C=O) groups is 1. The molecule has 0 heterocycles. The van der Waals surface area contributed by atoms with E-state index >= 15 is 0 Å². The summed E-state index contributed by atoms with van der Waals surface area (Å²) in [7, 11) is 0. The monoisotopic (exact) mass is 382 g/mol. The van der Waals surface area contributed by atoms with Crippen molar-refractivity contribution in [2.75, 3.05) is 0 Å². The van der Waals surface area contributed by atoms with Crippen molar-refractivity contribution in [1.29, 1.82) is 0 Å². The molecule has 0 aromatic rings. The fraction of sp³-hybridized carbons (Fsp3) is 0.870. The molecule has 1 unspecified atom stereocenters. The lowest BCUT2D eigenvalue weighted by molar-refractivity contribution is -0.319. The molecule has 0 saturated carbocycles. The second-order valence-electron chi connectivity index (χ2n) is 8.02. The van der Waals surface area contributed by atoms with Crippen LogP contribution >= 0.6 is 0 Å². The van der Waals surface area contributed by atoms with E-state index in [2.05, 4.69) is 19.8 Å². The van der Waals surface area contributed by atoms with E-state index in [0.29, 0.717) is 6.42 Å². The van der Waals surface area contributed by atoms with Crippen LogP contribution < -0.4 is 0 Å². The van der Waals surface area contributed by atoms with Gasteiger partial charge in [0.25, 0.3) is 0 Å². The van der Waals surface area contributed by atoms with Gasteiger partial charge >= 0.3 is 6.16 Å². The molecular weight excluding hydrogens is 340 g/mol. The van der Waals surface area contributed by atoms with Gasteiger partial charge in [0, 0.05) is 0 Å². The van der Waals surface area contributed by atoms with E-state index in [4.69, 9.17) is 20.9 Å². The summed E-state index contributed by atoms with van der Waals surface area (Å²) in [5, 5.41) is 0. The van der Waals surface area contributed by atoms with Crippen LogP contribution in [-0.2, 0) is 14.5 Å². The third-order valence-electron chi connectivity index (χ3n) is 4.71. The van der Waals surface area contributed by atoms with Gasteiger partial charge in [-0.25, -0.2) is 4.79 Å². The molecule has 0 aliphatic carbocycles. The SMILES string of the molecule is C#CC(CCCCCCCCCCC)OC(=O)OOC(C)(C)CCCCC. The van der Waals surface area contributed by atoms with Crippen molar-refractivity contribution >= 4 is 6.16 Å². The minimum Gasteiger partial charge on any atom is -0.416 e. The van der Waals surface area contributed by atoms with E-state index in [9.17, 15) is 4.79 Å². The Kier molecular flexibility index (Phi) is 16.2. The molecule has 0 aliphatic rings. The molecule has 0 amide bonds. The van der Waals surface area contributed by atoms with Gasteiger partial charge in [-0.05, 0) is 33.1 Å². The topological polar surface area (TPSA) is 44.8 Å². The highest BCUT2D eigenvalue weighted by molar-refractivity contribution is 5.59. The number of terminal acetylenes is 1. The van der Waals surface area contributed by atoms with Gasteiger partial charge in [-0.15, -0.1) is 6.42 Å². The van der Waals surface area contributed by atoms with E-state index in [1.54, 1.807) is 0 Å². The van der Waals surface area contributed by atoms with Crippen molar-refractivity contribution in [3.05, 3.63) is 0 Å². The number of carbonyl (C=O) groups excluding carboxylic acids is 1. The number of hydrogen-bond donors (Lipinski definition) is 0. The van der Waals surface area contributed by atoms with Crippen molar-refractivity contribution in [3.8, 4) is 12.3 Å².